The van der Waals surface area contributed by atoms with Crippen LogP contribution in [0.5, 0.6) is 5.75 Å². The molecule has 0 fully saturated rings. The molecule has 0 saturated carbocycles. The molecule has 5 N–H and O–H groups in total. The number of hydrogen-bond acceptors (Lipinski definition) is 11. The second-order valence-corrected chi connectivity index (χ2v) is 13.4. The maximum Gasteiger partial charge on any atom is 0.339 e. The van der Waals surface area contributed by atoms with Gasteiger partial charge in [-0.2, -0.15) is 0 Å². The number of oxazole rings is 2. The van der Waals surface area contributed by atoms with E-state index in [9.17, 15) is 56.4 Å². The Hall–Kier alpha value is -7.45. The van der Waals surface area contributed by atoms with Gasteiger partial charge in [0.15, 0.2) is 46.0 Å². The van der Waals surface area contributed by atoms with E-state index in [2.05, 4.69) is 20.6 Å². The number of aromatic hydroxyl groups is 1. The summed E-state index contributed by atoms with van der Waals surface area (Å²) >= 11 is 1.61. The fourth-order valence-electron chi connectivity index (χ4n) is 5.46. The van der Waals surface area contributed by atoms with Gasteiger partial charge < -0.3 is 34.8 Å². The van der Waals surface area contributed by atoms with Gasteiger partial charge in [0.1, 0.15) is 32.2 Å². The number of carbonyl (C=O) groups excluding carboxylic acids is 2. The third-order valence-corrected chi connectivity index (χ3v) is 9.91. The number of phenols is 1. The molecule has 20 heteroatoms. The summed E-state index contributed by atoms with van der Waals surface area (Å²) in [5, 5.41) is 35.6. The number of carboxylic acid groups (broad SMARTS) is 2. The van der Waals surface area contributed by atoms with Crippen molar-refractivity contribution in [3.8, 4) is 28.0 Å². The van der Waals surface area contributed by atoms with Crippen LogP contribution in [-0.4, -0.2) is 49.0 Å². The van der Waals surface area contributed by atoms with E-state index >= 15 is 0 Å². The zero-order valence-electron chi connectivity index (χ0n) is 28.5. The predicted octanol–water partition coefficient (Wildman–Crippen LogP) is 9.41. The predicted molar refractivity (Wildman–Crippen MR) is 199 cm³/mol. The first-order valence-electron chi connectivity index (χ1n) is 16.1. The van der Waals surface area contributed by atoms with Crippen molar-refractivity contribution in [3.05, 3.63) is 136 Å². The smallest absolute Gasteiger partial charge is 0.339 e. The van der Waals surface area contributed by atoms with Gasteiger partial charge in [0.25, 0.3) is 11.8 Å². The molecule has 0 aliphatic carbocycles. The molecule has 8 rings (SSSR count). The number of nitrogens with one attached hydrogen (secondary N) is 2. The number of hydrogen-bond donors (Lipinski definition) is 5. The zero-order chi connectivity index (χ0) is 41.4. The first-order valence-corrected chi connectivity index (χ1v) is 17.8. The lowest BCUT2D eigenvalue weighted by molar-refractivity contribution is 0.0688. The number of thiophene rings is 2. The summed E-state index contributed by atoms with van der Waals surface area (Å²) in [5.41, 5.74) is -0.333. The molecule has 0 spiro atoms. The van der Waals surface area contributed by atoms with Gasteiger partial charge in [0, 0.05) is 33.0 Å². The molecule has 0 aliphatic heterocycles. The Bertz CT molecular complexity index is 2690. The van der Waals surface area contributed by atoms with Crippen LogP contribution in [0.25, 0.3) is 44.5 Å². The number of carboxylic acids is 2. The third kappa shape index (κ3) is 7.31. The minimum absolute atomic E-state index is 0.0945. The number of amides is 2. The molecule has 0 bridgehead atoms. The lowest BCUT2D eigenvalue weighted by Gasteiger charge is -2.07. The van der Waals surface area contributed by atoms with E-state index in [0.29, 0.717) is 28.3 Å². The molecule has 0 aliphatic rings. The maximum absolute atomic E-state index is 14.3. The lowest BCUT2D eigenvalue weighted by Crippen LogP contribution is -2.14. The highest BCUT2D eigenvalue weighted by atomic mass is 32.1. The molecular formula is C38H19F5N4O9S2. The highest BCUT2D eigenvalue weighted by molar-refractivity contribution is 7.15. The normalized spacial score (nSPS) is 11.0. The average molecular weight is 835 g/mol. The fourth-order valence-corrected chi connectivity index (χ4v) is 7.35. The summed E-state index contributed by atoms with van der Waals surface area (Å²) < 4.78 is 79.1. The summed E-state index contributed by atoms with van der Waals surface area (Å²) in [6.07, 6.45) is 0. The van der Waals surface area contributed by atoms with Crippen LogP contribution in [-0.2, 0) is 0 Å². The van der Waals surface area contributed by atoms with Crippen molar-refractivity contribution in [2.75, 3.05) is 10.6 Å². The van der Waals surface area contributed by atoms with Gasteiger partial charge in [0.2, 0.25) is 0 Å². The Morgan fingerprint density at radius 3 is 1.43 bits per heavy atom. The first kappa shape index (κ1) is 38.8. The number of halogens is 5. The van der Waals surface area contributed by atoms with Crippen LogP contribution in [0.2, 0.25) is 0 Å². The standard InChI is InChI=1S/C19H9F3N2O4S.C19H10F2N2O5S/c20-10-6-5-8(14(21)15(10)22)9-7-29-18(13(9)19(26)27)24-16(25)17-23-11-3-1-2-4-12(11)28-17;20-10-6-5-8(14(21)15(10)24)9-7-29-18(13(9)19(26)27)23-16(25)17-22-11-3-1-2-4-12(11)28-17/h1-7H,(H,24,25)(H,26,27);1-7,24H,(H,23,25)(H,26,27). The summed E-state index contributed by atoms with van der Waals surface area (Å²) in [5.74, 6) is -13.5. The molecule has 4 aromatic carbocycles. The highest BCUT2D eigenvalue weighted by Gasteiger charge is 2.28. The molecule has 0 unspecified atom stereocenters. The van der Waals surface area contributed by atoms with E-state index < -0.39 is 75.3 Å². The van der Waals surface area contributed by atoms with Crippen molar-refractivity contribution in [1.29, 1.82) is 0 Å². The Balaban J connectivity index is 0.000000177. The lowest BCUT2D eigenvalue weighted by atomic mass is 10.0. The van der Waals surface area contributed by atoms with Gasteiger partial charge in [-0.15, -0.1) is 22.7 Å². The van der Waals surface area contributed by atoms with Crippen LogP contribution in [0, 0.1) is 29.1 Å². The SMILES string of the molecule is O=C(Nc1scc(-c2ccc(F)c(F)c2F)c1C(=O)O)c1nc2ccccc2o1.O=C(Nc1scc(-c2ccc(F)c(O)c2F)c1C(=O)O)c1nc2ccccc2o1. The number of aromatic carboxylic acids is 2. The van der Waals surface area contributed by atoms with Crippen molar-refractivity contribution in [1.82, 2.24) is 9.97 Å². The quantitative estimate of drug-likeness (QED) is 0.0720. The number of nitrogens with zero attached hydrogens (tertiary/aromatic N) is 2. The number of para-hydroxylation sites is 4. The molecule has 292 valence electrons. The molecule has 0 saturated heterocycles. The van der Waals surface area contributed by atoms with E-state index in [0.717, 1.165) is 40.9 Å². The Morgan fingerprint density at radius 2 is 0.983 bits per heavy atom. The van der Waals surface area contributed by atoms with Crippen molar-refractivity contribution in [2.24, 2.45) is 0 Å². The monoisotopic (exact) mass is 834 g/mol. The second-order valence-electron chi connectivity index (χ2n) is 11.7. The van der Waals surface area contributed by atoms with E-state index in [1.165, 1.54) is 10.8 Å². The van der Waals surface area contributed by atoms with Crippen LogP contribution >= 0.6 is 22.7 Å². The van der Waals surface area contributed by atoms with E-state index in [1.807, 2.05) is 0 Å². The maximum atomic E-state index is 14.3. The number of carbonyl (C=O) groups is 4. The number of aromatic nitrogens is 2. The van der Waals surface area contributed by atoms with E-state index in [4.69, 9.17) is 8.83 Å². The van der Waals surface area contributed by atoms with Gasteiger partial charge in [-0.05, 0) is 48.5 Å². The van der Waals surface area contributed by atoms with Gasteiger partial charge in [-0.3, -0.25) is 9.59 Å². The zero-order valence-corrected chi connectivity index (χ0v) is 30.1. The molecule has 58 heavy (non-hydrogen) atoms. The number of rotatable bonds is 8. The van der Waals surface area contributed by atoms with E-state index in [-0.39, 0.29) is 38.5 Å². The minimum Gasteiger partial charge on any atom is -0.503 e. The highest BCUT2D eigenvalue weighted by Crippen LogP contribution is 2.40. The first-order chi connectivity index (χ1) is 27.7. The number of fused-ring (bicyclic) bond motifs is 2. The molecule has 2 amide bonds. The largest absolute Gasteiger partial charge is 0.503 e. The molecule has 4 heterocycles. The van der Waals surface area contributed by atoms with Crippen molar-refractivity contribution in [2.45, 2.75) is 0 Å². The van der Waals surface area contributed by atoms with Crippen LogP contribution in [0.15, 0.2) is 92.4 Å². The van der Waals surface area contributed by atoms with Gasteiger partial charge in [0.05, 0.1) is 0 Å². The average Bonchev–Trinajstić information content (AvgIpc) is 4.01. The van der Waals surface area contributed by atoms with Gasteiger partial charge in [-0.25, -0.2) is 41.5 Å². The van der Waals surface area contributed by atoms with Crippen molar-refractivity contribution >= 4 is 78.6 Å². The topological polar surface area (TPSA) is 205 Å². The molecule has 0 atom stereocenters. The molecule has 0 radical (unpaired) electrons. The number of anilines is 2. The molecule has 13 nitrogen and oxygen atoms in total. The number of benzene rings is 4. The third-order valence-electron chi connectivity index (χ3n) is 8.12. The minimum atomic E-state index is -1.72. The summed E-state index contributed by atoms with van der Waals surface area (Å²) in [7, 11) is 0. The van der Waals surface area contributed by atoms with Crippen LogP contribution in [0.4, 0.5) is 32.0 Å². The fraction of sp³-hybridized carbons (Fsp3) is 0. The van der Waals surface area contributed by atoms with Crippen LogP contribution in [0.1, 0.15) is 42.1 Å². The van der Waals surface area contributed by atoms with Crippen molar-refractivity contribution < 1.29 is 65.3 Å². The summed E-state index contributed by atoms with van der Waals surface area (Å²) in [4.78, 5) is 56.4. The second kappa shape index (κ2) is 15.6. The van der Waals surface area contributed by atoms with Crippen molar-refractivity contribution in [3.63, 3.8) is 0 Å². The Labute approximate surface area is 327 Å². The number of phenolic OH excluding ortho intramolecular Hbond substituents is 1. The Kier molecular flexibility index (Phi) is 10.4. The van der Waals surface area contributed by atoms with Gasteiger partial charge in [-0.1, -0.05) is 24.3 Å². The summed E-state index contributed by atoms with van der Waals surface area (Å²) in [6.45, 7) is 0. The van der Waals surface area contributed by atoms with Crippen LogP contribution in [0.3, 0.4) is 0 Å². The molecule has 4 aromatic heterocycles. The molecule has 8 aromatic rings. The molecular weight excluding hydrogens is 816 g/mol. The Morgan fingerprint density at radius 1 is 0.552 bits per heavy atom. The summed E-state index contributed by atoms with van der Waals surface area (Å²) in [6, 6.07) is 16.8. The van der Waals surface area contributed by atoms with Gasteiger partial charge >= 0.3 is 23.8 Å². The van der Waals surface area contributed by atoms with Crippen LogP contribution < -0.4 is 10.6 Å². The van der Waals surface area contributed by atoms with E-state index in [1.54, 1.807) is 48.5 Å².